The Morgan fingerprint density at radius 3 is 2.55 bits per heavy atom. The number of hydrogen-bond acceptors (Lipinski definition) is 5. The molecule has 0 unspecified atom stereocenters. The third-order valence-corrected chi connectivity index (χ3v) is 4.55. The van der Waals surface area contributed by atoms with E-state index < -0.39 is 49.7 Å². The molecule has 1 aromatic rings. The van der Waals surface area contributed by atoms with Crippen molar-refractivity contribution in [3.63, 3.8) is 0 Å². The fourth-order valence-electron chi connectivity index (χ4n) is 2.78. The maximum atomic E-state index is 12.8. The van der Waals surface area contributed by atoms with E-state index in [1.54, 1.807) is 19.1 Å². The number of nitrogens with zero attached hydrogens (tertiary/aromatic N) is 1. The summed E-state index contributed by atoms with van der Waals surface area (Å²) >= 11 is 0. The molecular formula is C19H23F3N2O5. The first-order valence-electron chi connectivity index (χ1n) is 9.05. The number of hydrogen-bond donors (Lipinski definition) is 1. The molecule has 2 amide bonds. The number of methoxy groups -OCH3 is 1. The van der Waals surface area contributed by atoms with Crippen molar-refractivity contribution in [1.82, 2.24) is 10.2 Å². The summed E-state index contributed by atoms with van der Waals surface area (Å²) in [5.74, 6) is -1.93. The predicted molar refractivity (Wildman–Crippen MR) is 96.2 cm³/mol. The maximum absolute atomic E-state index is 12.8. The number of benzene rings is 1. The first kappa shape index (κ1) is 22.5. The first-order chi connectivity index (χ1) is 13.6. The van der Waals surface area contributed by atoms with Crippen molar-refractivity contribution in [1.29, 1.82) is 0 Å². The lowest BCUT2D eigenvalue weighted by Crippen LogP contribution is -2.47. The molecule has 10 heteroatoms. The number of esters is 1. The van der Waals surface area contributed by atoms with Gasteiger partial charge in [0, 0.05) is 11.6 Å². The minimum atomic E-state index is -4.55. The lowest BCUT2D eigenvalue weighted by molar-refractivity contribution is -0.170. The van der Waals surface area contributed by atoms with E-state index in [0.29, 0.717) is 10.6 Å². The monoisotopic (exact) mass is 416 g/mol. The van der Waals surface area contributed by atoms with Crippen LogP contribution < -0.4 is 10.1 Å². The van der Waals surface area contributed by atoms with E-state index in [-0.39, 0.29) is 11.5 Å². The van der Waals surface area contributed by atoms with Gasteiger partial charge in [-0.05, 0) is 43.9 Å². The third kappa shape index (κ3) is 7.28. The summed E-state index contributed by atoms with van der Waals surface area (Å²) in [4.78, 5) is 36.7. The average Bonchev–Trinajstić information content (AvgIpc) is 3.52. The van der Waals surface area contributed by atoms with Gasteiger partial charge < -0.3 is 19.7 Å². The summed E-state index contributed by atoms with van der Waals surface area (Å²) in [6, 6.07) is 5.64. The topological polar surface area (TPSA) is 84.9 Å². The van der Waals surface area contributed by atoms with Crippen LogP contribution in [-0.2, 0) is 14.3 Å². The zero-order valence-corrected chi connectivity index (χ0v) is 16.1. The van der Waals surface area contributed by atoms with Crippen molar-refractivity contribution in [2.24, 2.45) is 5.92 Å². The van der Waals surface area contributed by atoms with Crippen molar-refractivity contribution >= 4 is 17.8 Å². The van der Waals surface area contributed by atoms with Crippen LogP contribution in [0.2, 0.25) is 0 Å². The largest absolute Gasteiger partial charge is 0.497 e. The second kappa shape index (κ2) is 9.62. The molecule has 1 saturated carbocycles. The predicted octanol–water partition coefficient (Wildman–Crippen LogP) is 2.16. The molecule has 160 valence electrons. The Bertz CT molecular complexity index is 750. The van der Waals surface area contributed by atoms with Crippen molar-refractivity contribution in [3.8, 4) is 5.75 Å². The fourth-order valence-corrected chi connectivity index (χ4v) is 2.78. The van der Waals surface area contributed by atoms with E-state index in [0.717, 1.165) is 12.8 Å². The van der Waals surface area contributed by atoms with Crippen LogP contribution in [0.1, 0.15) is 30.1 Å². The lowest BCUT2D eigenvalue weighted by atomic mass is 10.2. The smallest absolute Gasteiger partial charge is 0.406 e. The van der Waals surface area contributed by atoms with Gasteiger partial charge in [0.15, 0.2) is 6.61 Å². The highest BCUT2D eigenvalue weighted by atomic mass is 19.4. The van der Waals surface area contributed by atoms with E-state index in [1.165, 1.54) is 19.2 Å². The zero-order valence-electron chi connectivity index (χ0n) is 16.1. The SMILES string of the molecule is COc1cccc(C(=O)NCC(=O)OCC(=O)N(CC(F)(F)F)[C@H](C)C2CC2)c1. The summed E-state index contributed by atoms with van der Waals surface area (Å²) in [6.45, 7) is -1.19. The van der Waals surface area contributed by atoms with Crippen LogP contribution in [-0.4, -0.2) is 61.7 Å². The Balaban J connectivity index is 1.83. The Kier molecular flexibility index (Phi) is 7.46. The highest BCUT2D eigenvalue weighted by molar-refractivity contribution is 5.96. The second-order valence-electron chi connectivity index (χ2n) is 6.79. The van der Waals surface area contributed by atoms with Crippen LogP contribution in [0.5, 0.6) is 5.75 Å². The van der Waals surface area contributed by atoms with Gasteiger partial charge in [0.25, 0.3) is 11.8 Å². The van der Waals surface area contributed by atoms with Gasteiger partial charge in [0.05, 0.1) is 7.11 Å². The molecule has 29 heavy (non-hydrogen) atoms. The summed E-state index contributed by atoms with van der Waals surface area (Å²) < 4.78 is 48.1. The van der Waals surface area contributed by atoms with E-state index in [2.05, 4.69) is 5.32 Å². The molecule has 0 radical (unpaired) electrons. The van der Waals surface area contributed by atoms with Gasteiger partial charge in [-0.1, -0.05) is 6.07 Å². The summed E-state index contributed by atoms with van der Waals surface area (Å²) in [6.07, 6.45) is -3.02. The molecular weight excluding hydrogens is 393 g/mol. The van der Waals surface area contributed by atoms with Crippen LogP contribution in [0.15, 0.2) is 24.3 Å². The summed E-state index contributed by atoms with van der Waals surface area (Å²) in [5.41, 5.74) is 0.253. The van der Waals surface area contributed by atoms with Gasteiger partial charge in [-0.3, -0.25) is 14.4 Å². The highest BCUT2D eigenvalue weighted by Gasteiger charge is 2.40. The van der Waals surface area contributed by atoms with Gasteiger partial charge in [-0.2, -0.15) is 13.2 Å². The Morgan fingerprint density at radius 1 is 1.28 bits per heavy atom. The molecule has 0 heterocycles. The molecule has 1 aliphatic rings. The Morgan fingerprint density at radius 2 is 1.97 bits per heavy atom. The normalized spacial score (nSPS) is 14.7. The van der Waals surface area contributed by atoms with E-state index >= 15 is 0 Å². The molecule has 0 bridgehead atoms. The fraction of sp³-hybridized carbons (Fsp3) is 0.526. The Labute approximate surface area is 166 Å². The van der Waals surface area contributed by atoms with Crippen LogP contribution in [0.3, 0.4) is 0 Å². The third-order valence-electron chi connectivity index (χ3n) is 4.55. The zero-order chi connectivity index (χ0) is 21.6. The molecule has 1 aliphatic carbocycles. The minimum Gasteiger partial charge on any atom is -0.497 e. The lowest BCUT2D eigenvalue weighted by Gasteiger charge is -2.30. The summed E-state index contributed by atoms with van der Waals surface area (Å²) in [5, 5.41) is 2.32. The molecule has 2 rings (SSSR count). The molecule has 1 atom stereocenters. The number of amides is 2. The number of carbonyl (C=O) groups excluding carboxylic acids is 3. The molecule has 0 spiro atoms. The Hall–Kier alpha value is -2.78. The van der Waals surface area contributed by atoms with Gasteiger partial charge >= 0.3 is 12.1 Å². The standard InChI is InChI=1S/C19H23F3N2O5/c1-12(13-6-7-13)24(11-19(20,21)22)16(25)10-29-17(26)9-23-18(27)14-4-3-5-15(8-14)28-2/h3-5,8,12-13H,6-7,9-11H2,1-2H3,(H,23,27)/t12-/m1/s1. The molecule has 0 aromatic heterocycles. The van der Waals surface area contributed by atoms with Crippen LogP contribution in [0, 0.1) is 5.92 Å². The van der Waals surface area contributed by atoms with Crippen molar-refractivity contribution in [2.45, 2.75) is 32.0 Å². The van der Waals surface area contributed by atoms with Crippen LogP contribution in [0.25, 0.3) is 0 Å². The van der Waals surface area contributed by atoms with Gasteiger partial charge in [0.1, 0.15) is 18.8 Å². The average molecular weight is 416 g/mol. The number of halogens is 3. The number of ether oxygens (including phenoxy) is 2. The molecule has 1 aromatic carbocycles. The van der Waals surface area contributed by atoms with Crippen LogP contribution in [0.4, 0.5) is 13.2 Å². The van der Waals surface area contributed by atoms with Crippen molar-refractivity contribution in [2.75, 3.05) is 26.8 Å². The first-order valence-corrected chi connectivity index (χ1v) is 9.05. The number of rotatable bonds is 9. The second-order valence-corrected chi connectivity index (χ2v) is 6.79. The van der Waals surface area contributed by atoms with E-state index in [4.69, 9.17) is 9.47 Å². The highest BCUT2D eigenvalue weighted by Crippen LogP contribution is 2.36. The van der Waals surface area contributed by atoms with Crippen molar-refractivity contribution in [3.05, 3.63) is 29.8 Å². The maximum Gasteiger partial charge on any atom is 0.406 e. The van der Waals surface area contributed by atoms with E-state index in [9.17, 15) is 27.6 Å². The molecule has 1 fully saturated rings. The van der Waals surface area contributed by atoms with Gasteiger partial charge in [0.2, 0.25) is 0 Å². The van der Waals surface area contributed by atoms with Crippen LogP contribution >= 0.6 is 0 Å². The molecule has 0 aliphatic heterocycles. The van der Waals surface area contributed by atoms with Gasteiger partial charge in [-0.25, -0.2) is 0 Å². The number of carbonyl (C=O) groups is 3. The minimum absolute atomic E-state index is 0.0270. The van der Waals surface area contributed by atoms with E-state index in [1.807, 2.05) is 0 Å². The summed E-state index contributed by atoms with van der Waals surface area (Å²) in [7, 11) is 1.44. The number of alkyl halides is 3. The molecule has 7 nitrogen and oxygen atoms in total. The molecule has 0 saturated heterocycles. The van der Waals surface area contributed by atoms with Crippen molar-refractivity contribution < 1.29 is 37.0 Å². The number of nitrogens with one attached hydrogen (secondary N) is 1. The van der Waals surface area contributed by atoms with Gasteiger partial charge in [-0.15, -0.1) is 0 Å². The quantitative estimate of drug-likeness (QED) is 0.624. The molecule has 1 N–H and O–H groups in total.